The van der Waals surface area contributed by atoms with Crippen molar-refractivity contribution in [1.82, 2.24) is 5.32 Å². The van der Waals surface area contributed by atoms with E-state index in [4.69, 9.17) is 10.9 Å². The second-order valence-electron chi connectivity index (χ2n) is 3.88. The van der Waals surface area contributed by atoms with Gasteiger partial charge in [-0.2, -0.15) is 0 Å². The maximum atomic E-state index is 11.3. The molecule has 1 fully saturated rings. The van der Waals surface area contributed by atoms with Crippen LogP contribution in [0.25, 0.3) is 0 Å². The van der Waals surface area contributed by atoms with Crippen LogP contribution < -0.4 is 11.1 Å². The molecule has 1 saturated carbocycles. The fourth-order valence-electron chi connectivity index (χ4n) is 1.13. The van der Waals surface area contributed by atoms with Gasteiger partial charge in [-0.3, -0.25) is 4.79 Å². The lowest BCUT2D eigenvalue weighted by Gasteiger charge is -2.10. The van der Waals surface area contributed by atoms with E-state index < -0.39 is 0 Å². The molecule has 0 aromatic heterocycles. The van der Waals surface area contributed by atoms with Crippen LogP contribution in [0.4, 0.5) is 0 Å². The van der Waals surface area contributed by atoms with Crippen molar-refractivity contribution in [2.45, 2.75) is 26.2 Å². The molecule has 0 aliphatic heterocycles. The average molecular weight is 199 g/mol. The number of hydrogen-bond acceptors (Lipinski definition) is 3. The zero-order chi connectivity index (χ0) is 10.6. The molecule has 0 saturated heterocycles. The lowest BCUT2D eigenvalue weighted by molar-refractivity contribution is -0.121. The fraction of sp³-hybridized carbons (Fsp3) is 0.778. The molecule has 1 rings (SSSR count). The van der Waals surface area contributed by atoms with Crippen molar-refractivity contribution >= 4 is 11.7 Å². The highest BCUT2D eigenvalue weighted by atomic mass is 16.4. The predicted octanol–water partition coefficient (Wildman–Crippen LogP) is 0.285. The van der Waals surface area contributed by atoms with E-state index >= 15 is 0 Å². The molecule has 5 nitrogen and oxygen atoms in total. The summed E-state index contributed by atoms with van der Waals surface area (Å²) in [6.07, 6.45) is 2.95. The van der Waals surface area contributed by atoms with Crippen LogP contribution >= 0.6 is 0 Å². The summed E-state index contributed by atoms with van der Waals surface area (Å²) in [6, 6.07) is 0. The van der Waals surface area contributed by atoms with E-state index in [0.29, 0.717) is 18.9 Å². The molecule has 0 aromatic rings. The van der Waals surface area contributed by atoms with E-state index in [1.807, 2.05) is 0 Å². The quantitative estimate of drug-likeness (QED) is 0.257. The fourth-order valence-corrected chi connectivity index (χ4v) is 1.13. The normalized spacial score (nSPS) is 19.1. The van der Waals surface area contributed by atoms with Crippen LogP contribution in [0.15, 0.2) is 5.16 Å². The maximum absolute atomic E-state index is 11.3. The summed E-state index contributed by atoms with van der Waals surface area (Å²) < 4.78 is 0. The highest BCUT2D eigenvalue weighted by Gasteiger charge is 2.24. The van der Waals surface area contributed by atoms with Crippen molar-refractivity contribution < 1.29 is 10.0 Å². The smallest absolute Gasteiger partial charge is 0.220 e. The van der Waals surface area contributed by atoms with Crippen molar-refractivity contribution in [3.05, 3.63) is 0 Å². The summed E-state index contributed by atoms with van der Waals surface area (Å²) in [6.45, 7) is 2.23. The van der Waals surface area contributed by atoms with Gasteiger partial charge in [-0.05, 0) is 18.8 Å². The Hall–Kier alpha value is -1.26. The lowest BCUT2D eigenvalue weighted by Crippen LogP contribution is -2.34. The van der Waals surface area contributed by atoms with Gasteiger partial charge in [0.1, 0.15) is 5.84 Å². The molecule has 0 spiro atoms. The van der Waals surface area contributed by atoms with Crippen LogP contribution in [0, 0.1) is 11.8 Å². The number of nitrogens with two attached hydrogens (primary N) is 1. The summed E-state index contributed by atoms with van der Waals surface area (Å²) in [5.74, 6) is 0.680. The Morgan fingerprint density at radius 3 is 2.86 bits per heavy atom. The molecular formula is C9H17N3O2. The first-order chi connectivity index (χ1) is 6.63. The molecule has 5 heteroatoms. The molecule has 0 heterocycles. The molecule has 1 aliphatic carbocycles. The molecule has 0 radical (unpaired) electrons. The minimum absolute atomic E-state index is 0.0603. The van der Waals surface area contributed by atoms with Gasteiger partial charge >= 0.3 is 0 Å². The van der Waals surface area contributed by atoms with Crippen molar-refractivity contribution in [3.63, 3.8) is 0 Å². The summed E-state index contributed by atoms with van der Waals surface area (Å²) >= 11 is 0. The molecule has 1 unspecified atom stereocenters. The molecule has 1 atom stereocenters. The van der Waals surface area contributed by atoms with E-state index in [1.54, 1.807) is 6.92 Å². The lowest BCUT2D eigenvalue weighted by atomic mass is 10.1. The van der Waals surface area contributed by atoms with Crippen LogP contribution in [0.2, 0.25) is 0 Å². The Bertz CT molecular complexity index is 236. The van der Waals surface area contributed by atoms with Crippen LogP contribution in [0.1, 0.15) is 26.2 Å². The molecule has 1 aliphatic rings. The Morgan fingerprint density at radius 1 is 1.71 bits per heavy atom. The van der Waals surface area contributed by atoms with Gasteiger partial charge < -0.3 is 16.3 Å². The Balaban J connectivity index is 2.14. The third kappa shape index (κ3) is 3.64. The zero-order valence-electron chi connectivity index (χ0n) is 8.36. The molecule has 0 aromatic carbocycles. The second kappa shape index (κ2) is 4.83. The third-order valence-electron chi connectivity index (χ3n) is 2.40. The minimum atomic E-state index is -0.122. The average Bonchev–Trinajstić information content (AvgIpc) is 2.96. The standard InChI is InChI=1S/C9H17N3O2/c1-6(9(10)12-14)5-11-8(13)4-7-2-3-7/h6-7,14H,2-5H2,1H3,(H2,10,12)(H,11,13). The highest BCUT2D eigenvalue weighted by molar-refractivity contribution is 5.83. The second-order valence-corrected chi connectivity index (χ2v) is 3.88. The van der Waals surface area contributed by atoms with Crippen LogP contribution in [-0.4, -0.2) is 23.5 Å². The Kier molecular flexibility index (Phi) is 3.73. The first-order valence-corrected chi connectivity index (χ1v) is 4.87. The largest absolute Gasteiger partial charge is 0.409 e. The van der Waals surface area contributed by atoms with Crippen molar-refractivity contribution in [2.24, 2.45) is 22.7 Å². The van der Waals surface area contributed by atoms with Gasteiger partial charge in [0.15, 0.2) is 0 Å². The Morgan fingerprint density at radius 2 is 2.36 bits per heavy atom. The van der Waals surface area contributed by atoms with Gasteiger partial charge in [0.25, 0.3) is 0 Å². The van der Waals surface area contributed by atoms with Gasteiger partial charge in [-0.15, -0.1) is 0 Å². The van der Waals surface area contributed by atoms with Crippen LogP contribution in [0.5, 0.6) is 0 Å². The highest BCUT2D eigenvalue weighted by Crippen LogP contribution is 2.31. The molecular weight excluding hydrogens is 182 g/mol. The SMILES string of the molecule is CC(CNC(=O)CC1CC1)C(N)=NO. The molecule has 14 heavy (non-hydrogen) atoms. The van der Waals surface area contributed by atoms with E-state index in [-0.39, 0.29) is 17.7 Å². The number of carbonyl (C=O) groups is 1. The molecule has 0 bridgehead atoms. The zero-order valence-corrected chi connectivity index (χ0v) is 8.36. The topological polar surface area (TPSA) is 87.7 Å². The van der Waals surface area contributed by atoms with Gasteiger partial charge in [0, 0.05) is 18.9 Å². The van der Waals surface area contributed by atoms with Crippen LogP contribution in [-0.2, 0) is 4.79 Å². The number of nitrogens with zero attached hydrogens (tertiary/aromatic N) is 1. The molecule has 4 N–H and O–H groups in total. The number of rotatable bonds is 5. The number of nitrogens with one attached hydrogen (secondary N) is 1. The van der Waals surface area contributed by atoms with E-state index in [9.17, 15) is 4.79 Å². The predicted molar refractivity (Wildman–Crippen MR) is 52.9 cm³/mol. The summed E-state index contributed by atoms with van der Waals surface area (Å²) in [5, 5.41) is 14.0. The first-order valence-electron chi connectivity index (χ1n) is 4.87. The number of carbonyl (C=O) groups excluding carboxylic acids is 1. The van der Waals surface area contributed by atoms with E-state index in [2.05, 4.69) is 10.5 Å². The number of amides is 1. The van der Waals surface area contributed by atoms with Gasteiger partial charge in [-0.25, -0.2) is 0 Å². The van der Waals surface area contributed by atoms with Gasteiger partial charge in [0.2, 0.25) is 5.91 Å². The van der Waals surface area contributed by atoms with E-state index in [0.717, 1.165) is 0 Å². The minimum Gasteiger partial charge on any atom is -0.409 e. The summed E-state index contributed by atoms with van der Waals surface area (Å²) in [4.78, 5) is 11.3. The number of amidine groups is 1. The van der Waals surface area contributed by atoms with Crippen molar-refractivity contribution in [1.29, 1.82) is 0 Å². The third-order valence-corrected chi connectivity index (χ3v) is 2.40. The van der Waals surface area contributed by atoms with Crippen LogP contribution in [0.3, 0.4) is 0 Å². The van der Waals surface area contributed by atoms with Crippen molar-refractivity contribution in [2.75, 3.05) is 6.54 Å². The molecule has 1 amide bonds. The number of hydrogen-bond donors (Lipinski definition) is 3. The first kappa shape index (κ1) is 10.8. The van der Waals surface area contributed by atoms with Gasteiger partial charge in [0.05, 0.1) is 0 Å². The van der Waals surface area contributed by atoms with E-state index in [1.165, 1.54) is 12.8 Å². The number of oxime groups is 1. The summed E-state index contributed by atoms with van der Waals surface area (Å²) in [5.41, 5.74) is 5.36. The Labute approximate surface area is 83.3 Å². The molecule has 80 valence electrons. The maximum Gasteiger partial charge on any atom is 0.220 e. The summed E-state index contributed by atoms with van der Waals surface area (Å²) in [7, 11) is 0. The van der Waals surface area contributed by atoms with Gasteiger partial charge in [-0.1, -0.05) is 12.1 Å². The monoisotopic (exact) mass is 199 g/mol. The van der Waals surface area contributed by atoms with Crippen molar-refractivity contribution in [3.8, 4) is 0 Å².